The largest absolute Gasteiger partial charge is 0.355 e. The molecule has 1 aliphatic heterocycles. The molecule has 0 spiro atoms. The monoisotopic (exact) mass is 317 g/mol. The van der Waals surface area contributed by atoms with Gasteiger partial charge in [0, 0.05) is 19.0 Å². The Morgan fingerprint density at radius 1 is 1.50 bits per heavy atom. The van der Waals surface area contributed by atoms with E-state index in [1.165, 1.54) is 16.1 Å². The minimum Gasteiger partial charge on any atom is -0.355 e. The average Bonchev–Trinajstić information content (AvgIpc) is 2.98. The van der Waals surface area contributed by atoms with Crippen LogP contribution in [0.1, 0.15) is 37.6 Å². The van der Waals surface area contributed by atoms with Crippen molar-refractivity contribution >= 4 is 27.5 Å². The van der Waals surface area contributed by atoms with Crippen molar-refractivity contribution in [1.82, 2.24) is 15.2 Å². The number of aromatic nitrogens is 1. The van der Waals surface area contributed by atoms with Crippen LogP contribution in [0, 0.1) is 0 Å². The number of thiazole rings is 1. The number of fused-ring (bicyclic) bond motifs is 1. The van der Waals surface area contributed by atoms with Crippen molar-refractivity contribution in [2.45, 2.75) is 38.6 Å². The van der Waals surface area contributed by atoms with Crippen LogP contribution in [0.25, 0.3) is 10.2 Å². The Labute approximate surface area is 135 Å². The predicted octanol–water partition coefficient (Wildman–Crippen LogP) is 3.00. The Balaban J connectivity index is 1.73. The number of nitrogens with zero attached hydrogens (tertiary/aromatic N) is 2. The number of para-hydroxylation sites is 1. The number of piperidine rings is 1. The fraction of sp³-hybridized carbons (Fsp3) is 0.529. The van der Waals surface area contributed by atoms with E-state index in [2.05, 4.69) is 28.4 Å². The first-order valence-corrected chi connectivity index (χ1v) is 8.88. The van der Waals surface area contributed by atoms with Crippen molar-refractivity contribution in [3.8, 4) is 0 Å². The molecule has 2 heterocycles. The van der Waals surface area contributed by atoms with E-state index >= 15 is 0 Å². The van der Waals surface area contributed by atoms with Gasteiger partial charge >= 0.3 is 0 Å². The highest BCUT2D eigenvalue weighted by atomic mass is 32.1. The van der Waals surface area contributed by atoms with E-state index in [0.29, 0.717) is 12.5 Å². The molecule has 1 aromatic heterocycles. The molecule has 0 saturated carbocycles. The van der Waals surface area contributed by atoms with Gasteiger partial charge in [-0.25, -0.2) is 4.98 Å². The molecule has 2 aromatic rings. The summed E-state index contributed by atoms with van der Waals surface area (Å²) in [6, 6.07) is 8.25. The molecular weight excluding hydrogens is 294 g/mol. The number of rotatable bonds is 4. The predicted molar refractivity (Wildman–Crippen MR) is 91.3 cm³/mol. The molecule has 1 saturated heterocycles. The third-order valence-electron chi connectivity index (χ3n) is 4.39. The van der Waals surface area contributed by atoms with Gasteiger partial charge in [0.1, 0.15) is 0 Å². The van der Waals surface area contributed by atoms with Crippen molar-refractivity contribution < 1.29 is 4.79 Å². The number of likely N-dealkylation sites (N-methyl/N-ethyl adjacent to an activating group) is 1. The zero-order chi connectivity index (χ0) is 15.5. The van der Waals surface area contributed by atoms with Crippen LogP contribution in [-0.4, -0.2) is 41.5 Å². The summed E-state index contributed by atoms with van der Waals surface area (Å²) in [5.41, 5.74) is 1.09. The molecule has 1 aliphatic rings. The first-order chi connectivity index (χ1) is 10.7. The van der Waals surface area contributed by atoms with Gasteiger partial charge in [-0.2, -0.15) is 0 Å². The Hall–Kier alpha value is -1.46. The summed E-state index contributed by atoms with van der Waals surface area (Å²) in [7, 11) is 0. The van der Waals surface area contributed by atoms with Gasteiger partial charge in [-0.3, -0.25) is 9.69 Å². The highest BCUT2D eigenvalue weighted by Gasteiger charge is 2.29. The smallest absolute Gasteiger partial charge is 0.237 e. The number of amides is 1. The number of benzene rings is 1. The van der Waals surface area contributed by atoms with E-state index in [-0.39, 0.29) is 11.9 Å². The maximum atomic E-state index is 12.1. The minimum absolute atomic E-state index is 0.0582. The molecule has 1 aromatic carbocycles. The third kappa shape index (κ3) is 3.15. The average molecular weight is 317 g/mol. The van der Waals surface area contributed by atoms with Crippen LogP contribution in [0.2, 0.25) is 0 Å². The van der Waals surface area contributed by atoms with Gasteiger partial charge in [-0.15, -0.1) is 11.3 Å². The number of carbonyl (C=O) groups is 1. The zero-order valence-electron chi connectivity index (χ0n) is 13.2. The molecule has 3 rings (SSSR count). The number of hydrogen-bond donors (Lipinski definition) is 1. The second kappa shape index (κ2) is 6.75. The molecule has 0 aliphatic carbocycles. The van der Waals surface area contributed by atoms with Crippen LogP contribution in [0.5, 0.6) is 0 Å². The summed E-state index contributed by atoms with van der Waals surface area (Å²) in [4.78, 5) is 19.2. The fourth-order valence-corrected chi connectivity index (χ4v) is 4.21. The number of nitrogens with one attached hydrogen (secondary N) is 1. The SMILES string of the molecule is CCNC(=O)[C@@H](C)N1CCC[C@H](c2nc3ccccc3s2)C1. The first kappa shape index (κ1) is 15.4. The van der Waals surface area contributed by atoms with Gasteiger partial charge in [0.25, 0.3) is 0 Å². The van der Waals surface area contributed by atoms with Crippen molar-refractivity contribution in [2.75, 3.05) is 19.6 Å². The van der Waals surface area contributed by atoms with E-state index in [9.17, 15) is 4.79 Å². The topological polar surface area (TPSA) is 45.2 Å². The van der Waals surface area contributed by atoms with Gasteiger partial charge in [0.05, 0.1) is 21.3 Å². The van der Waals surface area contributed by atoms with Crippen LogP contribution in [0.15, 0.2) is 24.3 Å². The molecule has 1 N–H and O–H groups in total. The molecule has 4 nitrogen and oxygen atoms in total. The van der Waals surface area contributed by atoms with Gasteiger partial charge in [0.15, 0.2) is 0 Å². The molecule has 1 amide bonds. The maximum absolute atomic E-state index is 12.1. The van der Waals surface area contributed by atoms with Gasteiger partial charge in [-0.1, -0.05) is 12.1 Å². The fourth-order valence-electron chi connectivity index (χ4n) is 3.11. The summed E-state index contributed by atoms with van der Waals surface area (Å²) in [5, 5.41) is 4.14. The highest BCUT2D eigenvalue weighted by molar-refractivity contribution is 7.18. The summed E-state index contributed by atoms with van der Waals surface area (Å²) in [5.74, 6) is 0.579. The standard InChI is InChI=1S/C17H23N3OS/c1-3-18-16(21)12(2)20-10-6-7-13(11-20)17-19-14-8-4-5-9-15(14)22-17/h4-5,8-9,12-13H,3,6-7,10-11H2,1-2H3,(H,18,21)/t12-,13+/m1/s1. The summed E-state index contributed by atoms with van der Waals surface area (Å²) >= 11 is 1.80. The second-order valence-electron chi connectivity index (χ2n) is 5.92. The van der Waals surface area contributed by atoms with E-state index in [4.69, 9.17) is 4.98 Å². The van der Waals surface area contributed by atoms with Crippen molar-refractivity contribution in [2.24, 2.45) is 0 Å². The van der Waals surface area contributed by atoms with Crippen molar-refractivity contribution in [3.63, 3.8) is 0 Å². The molecule has 0 unspecified atom stereocenters. The van der Waals surface area contributed by atoms with Gasteiger partial charge in [-0.05, 0) is 45.4 Å². The highest BCUT2D eigenvalue weighted by Crippen LogP contribution is 2.33. The molecule has 1 fully saturated rings. The normalized spacial score (nSPS) is 20.9. The van der Waals surface area contributed by atoms with E-state index < -0.39 is 0 Å². The van der Waals surface area contributed by atoms with Gasteiger partial charge in [0.2, 0.25) is 5.91 Å². The second-order valence-corrected chi connectivity index (χ2v) is 6.99. The van der Waals surface area contributed by atoms with Crippen LogP contribution in [0.3, 0.4) is 0 Å². The zero-order valence-corrected chi connectivity index (χ0v) is 14.0. The molecule has 118 valence electrons. The summed E-state index contributed by atoms with van der Waals surface area (Å²) in [6.07, 6.45) is 2.29. The quantitative estimate of drug-likeness (QED) is 0.943. The number of likely N-dealkylation sites (tertiary alicyclic amines) is 1. The summed E-state index contributed by atoms with van der Waals surface area (Å²) in [6.45, 7) is 6.59. The minimum atomic E-state index is -0.0582. The lowest BCUT2D eigenvalue weighted by molar-refractivity contribution is -0.126. The number of hydrogen-bond acceptors (Lipinski definition) is 4. The lowest BCUT2D eigenvalue weighted by Crippen LogP contribution is -2.48. The van der Waals surface area contributed by atoms with Crippen LogP contribution >= 0.6 is 11.3 Å². The maximum Gasteiger partial charge on any atom is 0.237 e. The van der Waals surface area contributed by atoms with Crippen molar-refractivity contribution in [3.05, 3.63) is 29.3 Å². The molecule has 0 radical (unpaired) electrons. The Kier molecular flexibility index (Phi) is 4.74. The summed E-state index contributed by atoms with van der Waals surface area (Å²) < 4.78 is 1.26. The van der Waals surface area contributed by atoms with Crippen LogP contribution in [-0.2, 0) is 4.79 Å². The molecule has 5 heteroatoms. The Bertz CT molecular complexity index is 621. The van der Waals surface area contributed by atoms with E-state index in [1.807, 2.05) is 19.9 Å². The van der Waals surface area contributed by atoms with Crippen molar-refractivity contribution in [1.29, 1.82) is 0 Å². The molecule has 22 heavy (non-hydrogen) atoms. The lowest BCUT2D eigenvalue weighted by atomic mass is 9.97. The Morgan fingerprint density at radius 2 is 2.32 bits per heavy atom. The lowest BCUT2D eigenvalue weighted by Gasteiger charge is -2.35. The Morgan fingerprint density at radius 3 is 3.09 bits per heavy atom. The van der Waals surface area contributed by atoms with E-state index in [1.54, 1.807) is 11.3 Å². The van der Waals surface area contributed by atoms with Crippen LogP contribution in [0.4, 0.5) is 0 Å². The molecule has 0 bridgehead atoms. The first-order valence-electron chi connectivity index (χ1n) is 8.06. The number of carbonyl (C=O) groups excluding carboxylic acids is 1. The van der Waals surface area contributed by atoms with Crippen LogP contribution < -0.4 is 5.32 Å². The van der Waals surface area contributed by atoms with E-state index in [0.717, 1.165) is 25.0 Å². The van der Waals surface area contributed by atoms with Gasteiger partial charge < -0.3 is 5.32 Å². The molecular formula is C17H23N3OS. The third-order valence-corrected chi connectivity index (χ3v) is 5.59. The molecule has 2 atom stereocenters.